The molecule has 1 nitrogen and oxygen atoms in total. The van der Waals surface area contributed by atoms with E-state index in [-0.39, 0.29) is 0 Å². The van der Waals surface area contributed by atoms with Crippen molar-refractivity contribution in [1.82, 2.24) is 0 Å². The third-order valence-electron chi connectivity index (χ3n) is 1.73. The van der Waals surface area contributed by atoms with E-state index in [2.05, 4.69) is 12.6 Å². The summed E-state index contributed by atoms with van der Waals surface area (Å²) in [7, 11) is 0. The summed E-state index contributed by atoms with van der Waals surface area (Å²) in [6, 6.07) is 7.82. The van der Waals surface area contributed by atoms with Crippen molar-refractivity contribution in [1.29, 1.82) is 0 Å². The maximum absolute atomic E-state index is 10.7. The Balaban J connectivity index is 2.90. The molecule has 3 heteroatoms. The van der Waals surface area contributed by atoms with Gasteiger partial charge in [-0.2, -0.15) is 0 Å². The molecule has 2 rings (SSSR count). The minimum absolute atomic E-state index is 0.707. The highest BCUT2D eigenvalue weighted by molar-refractivity contribution is 7.83. The summed E-state index contributed by atoms with van der Waals surface area (Å²) in [6.07, 6.45) is 0.862. The van der Waals surface area contributed by atoms with Gasteiger partial charge in [0.2, 0.25) is 0 Å². The molecule has 0 aliphatic heterocycles. The smallest absolute Gasteiger partial charge is 0.152 e. The molecular formula is C9H6OS2. The van der Waals surface area contributed by atoms with Crippen molar-refractivity contribution in [3.63, 3.8) is 0 Å². The van der Waals surface area contributed by atoms with Crippen LogP contribution in [0.2, 0.25) is 0 Å². The molecule has 0 aliphatic carbocycles. The molecule has 0 saturated carbocycles. The van der Waals surface area contributed by atoms with Gasteiger partial charge in [-0.15, -0.1) is 24.0 Å². The lowest BCUT2D eigenvalue weighted by Crippen LogP contribution is -1.75. The van der Waals surface area contributed by atoms with Crippen molar-refractivity contribution < 1.29 is 4.79 Å². The van der Waals surface area contributed by atoms with E-state index < -0.39 is 0 Å². The van der Waals surface area contributed by atoms with E-state index in [4.69, 9.17) is 0 Å². The standard InChI is InChI=1S/C9H6OS2/c10-5-7-6-3-1-2-4-8(6)12-9(7)11/h1-5,11H. The van der Waals surface area contributed by atoms with E-state index in [1.54, 1.807) is 0 Å². The van der Waals surface area contributed by atoms with Gasteiger partial charge in [0.05, 0.1) is 4.21 Å². The SMILES string of the molecule is O=Cc1c(S)sc2ccccc12. The van der Waals surface area contributed by atoms with Crippen molar-refractivity contribution in [3.8, 4) is 0 Å². The van der Waals surface area contributed by atoms with Gasteiger partial charge in [-0.05, 0) is 6.07 Å². The number of carbonyl (C=O) groups excluding carboxylic acids is 1. The number of thiol groups is 1. The van der Waals surface area contributed by atoms with Crippen LogP contribution in [0.4, 0.5) is 0 Å². The molecule has 0 fully saturated rings. The first-order chi connectivity index (χ1) is 5.83. The predicted molar refractivity (Wildman–Crippen MR) is 54.5 cm³/mol. The van der Waals surface area contributed by atoms with E-state index in [1.807, 2.05) is 24.3 Å². The van der Waals surface area contributed by atoms with Crippen molar-refractivity contribution in [2.24, 2.45) is 0 Å². The van der Waals surface area contributed by atoms with Crippen LogP contribution in [0.3, 0.4) is 0 Å². The van der Waals surface area contributed by atoms with Crippen LogP contribution < -0.4 is 0 Å². The number of carbonyl (C=O) groups is 1. The lowest BCUT2D eigenvalue weighted by atomic mass is 10.2. The van der Waals surface area contributed by atoms with E-state index in [0.717, 1.165) is 20.6 Å². The molecule has 0 aliphatic rings. The summed E-state index contributed by atoms with van der Waals surface area (Å²) in [6.45, 7) is 0. The van der Waals surface area contributed by atoms with Crippen LogP contribution in [-0.2, 0) is 0 Å². The highest BCUT2D eigenvalue weighted by Gasteiger charge is 2.06. The second-order valence-electron chi connectivity index (χ2n) is 2.43. The van der Waals surface area contributed by atoms with Crippen LogP contribution in [-0.4, -0.2) is 6.29 Å². The second-order valence-corrected chi connectivity index (χ2v) is 4.24. The van der Waals surface area contributed by atoms with Crippen LogP contribution in [0.1, 0.15) is 10.4 Å². The Hall–Kier alpha value is -0.800. The summed E-state index contributed by atoms with van der Waals surface area (Å²) in [5.41, 5.74) is 0.707. The number of hydrogen-bond donors (Lipinski definition) is 1. The van der Waals surface area contributed by atoms with Crippen molar-refractivity contribution in [3.05, 3.63) is 29.8 Å². The Morgan fingerprint density at radius 1 is 1.33 bits per heavy atom. The number of thiophene rings is 1. The van der Waals surface area contributed by atoms with Gasteiger partial charge in [-0.3, -0.25) is 4.79 Å². The van der Waals surface area contributed by atoms with Gasteiger partial charge in [0.1, 0.15) is 0 Å². The average molecular weight is 194 g/mol. The molecule has 0 saturated heterocycles. The van der Waals surface area contributed by atoms with E-state index in [0.29, 0.717) is 5.56 Å². The zero-order valence-corrected chi connectivity index (χ0v) is 7.86. The summed E-state index contributed by atoms with van der Waals surface area (Å²) in [4.78, 5) is 10.7. The van der Waals surface area contributed by atoms with Gasteiger partial charge in [-0.25, -0.2) is 0 Å². The monoisotopic (exact) mass is 194 g/mol. The number of fused-ring (bicyclic) bond motifs is 1. The first kappa shape index (κ1) is 7.83. The van der Waals surface area contributed by atoms with Crippen LogP contribution in [0.5, 0.6) is 0 Å². The first-order valence-corrected chi connectivity index (χ1v) is 4.75. The van der Waals surface area contributed by atoms with Crippen LogP contribution in [0.15, 0.2) is 28.5 Å². The summed E-state index contributed by atoms with van der Waals surface area (Å²) >= 11 is 5.76. The van der Waals surface area contributed by atoms with Gasteiger partial charge in [0.15, 0.2) is 6.29 Å². The maximum atomic E-state index is 10.7. The van der Waals surface area contributed by atoms with Gasteiger partial charge in [-0.1, -0.05) is 18.2 Å². The fraction of sp³-hybridized carbons (Fsp3) is 0. The molecule has 0 amide bonds. The van der Waals surface area contributed by atoms with Crippen molar-refractivity contribution >= 4 is 40.3 Å². The first-order valence-electron chi connectivity index (χ1n) is 3.48. The molecule has 1 aromatic heterocycles. The number of benzene rings is 1. The molecule has 1 heterocycles. The fourth-order valence-corrected chi connectivity index (χ4v) is 2.55. The Morgan fingerprint density at radius 2 is 2.08 bits per heavy atom. The second kappa shape index (κ2) is 2.92. The Bertz CT molecular complexity index is 431. The predicted octanol–water partition coefficient (Wildman–Crippen LogP) is 3.00. The molecule has 0 atom stereocenters. The molecule has 0 spiro atoms. The lowest BCUT2D eigenvalue weighted by molar-refractivity contribution is 0.112. The summed E-state index contributed by atoms with van der Waals surface area (Å²) in [5, 5.41) is 1.00. The van der Waals surface area contributed by atoms with Gasteiger partial charge in [0, 0.05) is 15.6 Å². The van der Waals surface area contributed by atoms with Crippen LogP contribution in [0, 0.1) is 0 Å². The number of hydrogen-bond acceptors (Lipinski definition) is 3. The van der Waals surface area contributed by atoms with Gasteiger partial charge in [0.25, 0.3) is 0 Å². The number of aldehydes is 1. The third kappa shape index (κ3) is 1.06. The minimum atomic E-state index is 0.707. The molecule has 0 unspecified atom stereocenters. The normalized spacial score (nSPS) is 10.4. The zero-order valence-electron chi connectivity index (χ0n) is 6.15. The van der Waals surface area contributed by atoms with Gasteiger partial charge >= 0.3 is 0 Å². The minimum Gasteiger partial charge on any atom is -0.298 e. The van der Waals surface area contributed by atoms with E-state index in [9.17, 15) is 4.79 Å². The van der Waals surface area contributed by atoms with Gasteiger partial charge < -0.3 is 0 Å². The van der Waals surface area contributed by atoms with Crippen LogP contribution >= 0.6 is 24.0 Å². The third-order valence-corrected chi connectivity index (χ3v) is 3.24. The van der Waals surface area contributed by atoms with E-state index >= 15 is 0 Å². The summed E-state index contributed by atoms with van der Waals surface area (Å²) < 4.78 is 1.91. The molecule has 1 aromatic carbocycles. The van der Waals surface area contributed by atoms with Crippen molar-refractivity contribution in [2.75, 3.05) is 0 Å². The van der Waals surface area contributed by atoms with Crippen LogP contribution in [0.25, 0.3) is 10.1 Å². The Kier molecular flexibility index (Phi) is 1.90. The topological polar surface area (TPSA) is 17.1 Å². The molecule has 0 radical (unpaired) electrons. The molecule has 12 heavy (non-hydrogen) atoms. The average Bonchev–Trinajstić information content (AvgIpc) is 2.40. The zero-order chi connectivity index (χ0) is 8.55. The largest absolute Gasteiger partial charge is 0.298 e. The molecule has 60 valence electrons. The highest BCUT2D eigenvalue weighted by atomic mass is 32.2. The number of rotatable bonds is 1. The Labute approximate surface area is 79.4 Å². The molecular weight excluding hydrogens is 188 g/mol. The van der Waals surface area contributed by atoms with E-state index in [1.165, 1.54) is 11.3 Å². The summed E-state index contributed by atoms with van der Waals surface area (Å²) in [5.74, 6) is 0. The molecule has 0 bridgehead atoms. The maximum Gasteiger partial charge on any atom is 0.152 e. The molecule has 0 N–H and O–H groups in total. The Morgan fingerprint density at radius 3 is 2.83 bits per heavy atom. The fourth-order valence-electron chi connectivity index (χ4n) is 1.17. The van der Waals surface area contributed by atoms with Crippen molar-refractivity contribution in [2.45, 2.75) is 4.21 Å². The lowest BCUT2D eigenvalue weighted by Gasteiger charge is -1.87. The quantitative estimate of drug-likeness (QED) is 0.545. The molecule has 2 aromatic rings. The highest BCUT2D eigenvalue weighted by Crippen LogP contribution is 2.32.